The summed E-state index contributed by atoms with van der Waals surface area (Å²) in [7, 11) is -2.07. The Labute approximate surface area is 162 Å². The quantitative estimate of drug-likeness (QED) is 0.667. The molecule has 3 aromatic rings. The van der Waals surface area contributed by atoms with Crippen molar-refractivity contribution >= 4 is 32.5 Å². The second kappa shape index (κ2) is 7.21. The van der Waals surface area contributed by atoms with Crippen LogP contribution < -0.4 is 14.8 Å². The van der Waals surface area contributed by atoms with Gasteiger partial charge in [0.15, 0.2) is 0 Å². The highest BCUT2D eigenvalue weighted by Gasteiger charge is 2.28. The van der Waals surface area contributed by atoms with Crippen LogP contribution in [0, 0.1) is 0 Å². The van der Waals surface area contributed by atoms with Crippen LogP contribution in [0.15, 0.2) is 59.6 Å². The molecule has 0 saturated heterocycles. The van der Waals surface area contributed by atoms with Crippen molar-refractivity contribution in [3.63, 3.8) is 0 Å². The average molecular weight is 397 g/mol. The van der Waals surface area contributed by atoms with E-state index < -0.39 is 15.9 Å². The van der Waals surface area contributed by atoms with Crippen molar-refractivity contribution < 1.29 is 17.9 Å². The number of methoxy groups -OCH3 is 1. The zero-order chi connectivity index (χ0) is 19.7. The molecule has 0 radical (unpaired) electrons. The fourth-order valence-corrected chi connectivity index (χ4v) is 4.26. The van der Waals surface area contributed by atoms with Crippen LogP contribution in [0.5, 0.6) is 5.75 Å². The van der Waals surface area contributed by atoms with Crippen LogP contribution in [0.2, 0.25) is 0 Å². The van der Waals surface area contributed by atoms with Crippen molar-refractivity contribution in [2.45, 2.75) is 23.8 Å². The van der Waals surface area contributed by atoms with Gasteiger partial charge in [-0.1, -0.05) is 6.07 Å². The SMILES string of the molecule is COc1ccc(NC(=O)c2cccc(S(=O)(=O)NC3CC3)c2)c2cccnc12. The summed E-state index contributed by atoms with van der Waals surface area (Å²) in [5.41, 5.74) is 1.46. The van der Waals surface area contributed by atoms with Gasteiger partial charge < -0.3 is 10.1 Å². The summed E-state index contributed by atoms with van der Waals surface area (Å²) in [6.07, 6.45) is 3.34. The third kappa shape index (κ3) is 3.69. The Morgan fingerprint density at radius 1 is 1.14 bits per heavy atom. The van der Waals surface area contributed by atoms with Gasteiger partial charge in [-0.2, -0.15) is 0 Å². The standard InChI is InChI=1S/C20H19N3O4S/c1-27-18-10-9-17(16-6-3-11-21-19(16)18)22-20(24)13-4-2-5-15(12-13)28(25,26)23-14-7-8-14/h2-6,9-12,14,23H,7-8H2,1H3,(H,22,24). The van der Waals surface area contributed by atoms with Crippen LogP contribution in [0.4, 0.5) is 5.69 Å². The molecule has 1 fully saturated rings. The fraction of sp³-hybridized carbons (Fsp3) is 0.200. The van der Waals surface area contributed by atoms with Gasteiger partial charge in [0.25, 0.3) is 5.91 Å². The molecule has 1 aliphatic rings. The Morgan fingerprint density at radius 3 is 2.71 bits per heavy atom. The number of aromatic nitrogens is 1. The lowest BCUT2D eigenvalue weighted by Gasteiger charge is -2.12. The molecule has 7 nitrogen and oxygen atoms in total. The molecular weight excluding hydrogens is 378 g/mol. The summed E-state index contributed by atoms with van der Waals surface area (Å²) < 4.78 is 32.7. The van der Waals surface area contributed by atoms with E-state index >= 15 is 0 Å². The summed E-state index contributed by atoms with van der Waals surface area (Å²) in [5.74, 6) is 0.201. The van der Waals surface area contributed by atoms with Crippen molar-refractivity contribution in [3.05, 3.63) is 60.3 Å². The molecule has 1 aliphatic carbocycles. The van der Waals surface area contributed by atoms with E-state index in [1.807, 2.05) is 6.07 Å². The predicted molar refractivity (Wildman–Crippen MR) is 106 cm³/mol. The van der Waals surface area contributed by atoms with E-state index in [1.54, 1.807) is 43.6 Å². The number of ether oxygens (including phenoxy) is 1. The minimum atomic E-state index is -3.63. The molecule has 28 heavy (non-hydrogen) atoms. The third-order valence-electron chi connectivity index (χ3n) is 4.51. The molecule has 1 amide bonds. The maximum absolute atomic E-state index is 12.7. The lowest BCUT2D eigenvalue weighted by atomic mass is 10.1. The Kier molecular flexibility index (Phi) is 4.74. The number of nitrogens with zero attached hydrogens (tertiary/aromatic N) is 1. The number of nitrogens with one attached hydrogen (secondary N) is 2. The Balaban J connectivity index is 1.63. The second-order valence-electron chi connectivity index (χ2n) is 6.59. The molecule has 2 N–H and O–H groups in total. The minimum absolute atomic E-state index is 0.000598. The number of benzene rings is 2. The van der Waals surface area contributed by atoms with Crippen LogP contribution in [-0.4, -0.2) is 32.5 Å². The van der Waals surface area contributed by atoms with E-state index in [1.165, 1.54) is 12.1 Å². The number of anilines is 1. The van der Waals surface area contributed by atoms with E-state index in [-0.39, 0.29) is 16.5 Å². The summed E-state index contributed by atoms with van der Waals surface area (Å²) in [4.78, 5) is 17.1. The monoisotopic (exact) mass is 397 g/mol. The number of pyridine rings is 1. The highest BCUT2D eigenvalue weighted by atomic mass is 32.2. The Hall–Kier alpha value is -2.97. The van der Waals surface area contributed by atoms with Crippen molar-refractivity contribution in [2.24, 2.45) is 0 Å². The van der Waals surface area contributed by atoms with Crippen LogP contribution in [0.25, 0.3) is 10.9 Å². The first kappa shape index (κ1) is 18.4. The van der Waals surface area contributed by atoms with E-state index in [0.29, 0.717) is 17.0 Å². The number of fused-ring (bicyclic) bond motifs is 1. The smallest absolute Gasteiger partial charge is 0.255 e. The number of hydrogen-bond donors (Lipinski definition) is 2. The normalized spacial score (nSPS) is 14.0. The number of rotatable bonds is 6. The van der Waals surface area contributed by atoms with Gasteiger partial charge in [-0.05, 0) is 55.3 Å². The van der Waals surface area contributed by atoms with Crippen LogP contribution >= 0.6 is 0 Å². The summed E-state index contributed by atoms with van der Waals surface area (Å²) in [5, 5.41) is 3.57. The van der Waals surface area contributed by atoms with Crippen LogP contribution in [0.3, 0.4) is 0 Å². The topological polar surface area (TPSA) is 97.4 Å². The molecule has 0 spiro atoms. The molecule has 1 heterocycles. The first-order valence-electron chi connectivity index (χ1n) is 8.83. The molecule has 0 bridgehead atoms. The molecule has 4 rings (SSSR count). The zero-order valence-corrected chi connectivity index (χ0v) is 16.0. The van der Waals surface area contributed by atoms with E-state index in [4.69, 9.17) is 4.74 Å². The largest absolute Gasteiger partial charge is 0.494 e. The maximum Gasteiger partial charge on any atom is 0.255 e. The highest BCUT2D eigenvalue weighted by molar-refractivity contribution is 7.89. The van der Waals surface area contributed by atoms with E-state index in [2.05, 4.69) is 15.0 Å². The molecule has 8 heteroatoms. The molecular formula is C20H19N3O4S. The Bertz CT molecular complexity index is 1160. The minimum Gasteiger partial charge on any atom is -0.494 e. The van der Waals surface area contributed by atoms with Gasteiger partial charge in [0.1, 0.15) is 11.3 Å². The summed E-state index contributed by atoms with van der Waals surface area (Å²) in [6, 6.07) is 13.1. The summed E-state index contributed by atoms with van der Waals surface area (Å²) in [6.45, 7) is 0. The lowest BCUT2D eigenvalue weighted by Crippen LogP contribution is -2.26. The first-order valence-corrected chi connectivity index (χ1v) is 10.3. The van der Waals surface area contributed by atoms with Crippen molar-refractivity contribution in [2.75, 3.05) is 12.4 Å². The molecule has 144 valence electrons. The van der Waals surface area contributed by atoms with Gasteiger partial charge in [-0.3, -0.25) is 9.78 Å². The average Bonchev–Trinajstić information content (AvgIpc) is 3.51. The molecule has 1 aromatic heterocycles. The molecule has 2 aromatic carbocycles. The second-order valence-corrected chi connectivity index (χ2v) is 8.31. The van der Waals surface area contributed by atoms with Gasteiger partial charge in [-0.15, -0.1) is 0 Å². The zero-order valence-electron chi connectivity index (χ0n) is 15.2. The number of amides is 1. The predicted octanol–water partition coefficient (Wildman–Crippen LogP) is 2.94. The number of sulfonamides is 1. The van der Waals surface area contributed by atoms with Crippen molar-refractivity contribution in [3.8, 4) is 5.75 Å². The van der Waals surface area contributed by atoms with Gasteiger partial charge in [0.2, 0.25) is 10.0 Å². The number of hydrogen-bond acceptors (Lipinski definition) is 5. The van der Waals surface area contributed by atoms with Gasteiger partial charge in [-0.25, -0.2) is 13.1 Å². The Morgan fingerprint density at radius 2 is 1.96 bits per heavy atom. The maximum atomic E-state index is 12.7. The molecule has 0 unspecified atom stereocenters. The molecule has 1 saturated carbocycles. The van der Waals surface area contributed by atoms with Crippen LogP contribution in [-0.2, 0) is 10.0 Å². The molecule has 0 atom stereocenters. The fourth-order valence-electron chi connectivity index (χ4n) is 2.91. The first-order chi connectivity index (χ1) is 13.5. The molecule has 0 aliphatic heterocycles. The summed E-state index contributed by atoms with van der Waals surface area (Å²) >= 11 is 0. The number of carbonyl (C=O) groups is 1. The van der Waals surface area contributed by atoms with Crippen LogP contribution in [0.1, 0.15) is 23.2 Å². The van der Waals surface area contributed by atoms with Gasteiger partial charge >= 0.3 is 0 Å². The van der Waals surface area contributed by atoms with Gasteiger partial charge in [0, 0.05) is 23.2 Å². The number of carbonyl (C=O) groups excluding carboxylic acids is 1. The highest BCUT2D eigenvalue weighted by Crippen LogP contribution is 2.30. The lowest BCUT2D eigenvalue weighted by molar-refractivity contribution is 0.102. The van der Waals surface area contributed by atoms with Crippen molar-refractivity contribution in [1.82, 2.24) is 9.71 Å². The van der Waals surface area contributed by atoms with Gasteiger partial charge in [0.05, 0.1) is 17.7 Å². The third-order valence-corrected chi connectivity index (χ3v) is 6.02. The van der Waals surface area contributed by atoms with E-state index in [0.717, 1.165) is 18.2 Å². The van der Waals surface area contributed by atoms with E-state index in [9.17, 15) is 13.2 Å². The van der Waals surface area contributed by atoms with Crippen molar-refractivity contribution in [1.29, 1.82) is 0 Å².